The minimum atomic E-state index is -0.0970. The van der Waals surface area contributed by atoms with Crippen LogP contribution in [0.15, 0.2) is 65.3 Å². The van der Waals surface area contributed by atoms with Crippen molar-refractivity contribution in [2.45, 2.75) is 0 Å². The van der Waals surface area contributed by atoms with Crippen LogP contribution in [0.2, 0.25) is 0 Å². The number of furan rings is 1. The zero-order valence-electron chi connectivity index (χ0n) is 14.9. The van der Waals surface area contributed by atoms with Crippen LogP contribution >= 0.6 is 0 Å². The van der Waals surface area contributed by atoms with Gasteiger partial charge in [-0.15, -0.1) is 0 Å². The lowest BCUT2D eigenvalue weighted by Gasteiger charge is -2.33. The first kappa shape index (κ1) is 17.3. The highest BCUT2D eigenvalue weighted by atomic mass is 16.3. The second kappa shape index (κ2) is 7.63. The quantitative estimate of drug-likeness (QED) is 0.774. The molecule has 0 atom stereocenters. The van der Waals surface area contributed by atoms with Crippen LogP contribution in [-0.4, -0.2) is 54.3 Å². The lowest BCUT2D eigenvalue weighted by Crippen LogP contribution is -2.50. The maximum Gasteiger partial charge on any atom is 0.289 e. The molecule has 27 heavy (non-hydrogen) atoms. The van der Waals surface area contributed by atoms with Crippen molar-refractivity contribution in [3.8, 4) is 0 Å². The summed E-state index contributed by atoms with van der Waals surface area (Å²) in [5.74, 6) is 0.217. The van der Waals surface area contributed by atoms with Gasteiger partial charge in [-0.2, -0.15) is 0 Å². The Bertz CT molecular complexity index is 944. The van der Waals surface area contributed by atoms with Crippen molar-refractivity contribution in [3.05, 3.63) is 66.6 Å². The minimum absolute atomic E-state index is 0.0453. The highest BCUT2D eigenvalue weighted by Crippen LogP contribution is 2.19. The molecule has 0 spiro atoms. The number of rotatable bonds is 4. The van der Waals surface area contributed by atoms with Crippen LogP contribution in [0.25, 0.3) is 10.8 Å². The molecule has 0 bridgehead atoms. The molecule has 0 saturated carbocycles. The molecular formula is C21H21N3O3. The summed E-state index contributed by atoms with van der Waals surface area (Å²) >= 11 is 0. The predicted octanol–water partition coefficient (Wildman–Crippen LogP) is 2.83. The maximum absolute atomic E-state index is 12.4. The van der Waals surface area contributed by atoms with Gasteiger partial charge < -0.3 is 14.6 Å². The number of carbonyl (C=O) groups excluding carboxylic acids is 2. The second-order valence-corrected chi connectivity index (χ2v) is 6.66. The molecule has 0 aliphatic carbocycles. The number of nitrogens with zero attached hydrogens (tertiary/aromatic N) is 2. The fraction of sp³-hybridized carbons (Fsp3) is 0.238. The number of amides is 2. The number of carbonyl (C=O) groups is 2. The monoisotopic (exact) mass is 363 g/mol. The van der Waals surface area contributed by atoms with E-state index in [1.54, 1.807) is 17.0 Å². The number of hydrogen-bond donors (Lipinski definition) is 1. The van der Waals surface area contributed by atoms with Crippen LogP contribution < -0.4 is 5.32 Å². The van der Waals surface area contributed by atoms with E-state index in [2.05, 4.69) is 10.2 Å². The van der Waals surface area contributed by atoms with E-state index in [4.69, 9.17) is 4.42 Å². The molecule has 4 rings (SSSR count). The summed E-state index contributed by atoms with van der Waals surface area (Å²) in [7, 11) is 0. The molecule has 1 saturated heterocycles. The largest absolute Gasteiger partial charge is 0.459 e. The first-order valence-corrected chi connectivity index (χ1v) is 9.03. The summed E-state index contributed by atoms with van der Waals surface area (Å²) in [5.41, 5.74) is 0.797. The van der Waals surface area contributed by atoms with Crippen molar-refractivity contribution in [1.29, 1.82) is 0 Å². The zero-order valence-corrected chi connectivity index (χ0v) is 14.9. The van der Waals surface area contributed by atoms with E-state index >= 15 is 0 Å². The number of piperazine rings is 1. The van der Waals surface area contributed by atoms with E-state index in [9.17, 15) is 9.59 Å². The predicted molar refractivity (Wildman–Crippen MR) is 104 cm³/mol. The SMILES string of the molecule is O=C(CN1CCN(C(=O)c2ccco2)CC1)Nc1ccc2ccccc2c1. The molecule has 1 aliphatic heterocycles. The number of hydrogen-bond acceptors (Lipinski definition) is 4. The molecule has 1 aliphatic rings. The maximum atomic E-state index is 12.4. The smallest absolute Gasteiger partial charge is 0.289 e. The van der Waals surface area contributed by atoms with Gasteiger partial charge >= 0.3 is 0 Å². The molecule has 2 aromatic carbocycles. The number of anilines is 1. The van der Waals surface area contributed by atoms with E-state index < -0.39 is 0 Å². The fourth-order valence-electron chi connectivity index (χ4n) is 3.34. The summed E-state index contributed by atoms with van der Waals surface area (Å²) in [5, 5.41) is 5.21. The first-order chi connectivity index (χ1) is 13.2. The van der Waals surface area contributed by atoms with E-state index in [-0.39, 0.29) is 11.8 Å². The Kier molecular flexibility index (Phi) is 4.89. The van der Waals surface area contributed by atoms with Gasteiger partial charge in [0.05, 0.1) is 12.8 Å². The number of fused-ring (bicyclic) bond motifs is 1. The summed E-state index contributed by atoms with van der Waals surface area (Å²) in [6.45, 7) is 2.82. The van der Waals surface area contributed by atoms with E-state index in [0.29, 0.717) is 38.5 Å². The lowest BCUT2D eigenvalue weighted by molar-refractivity contribution is -0.117. The first-order valence-electron chi connectivity index (χ1n) is 9.03. The Balaban J connectivity index is 1.29. The Hall–Kier alpha value is -3.12. The van der Waals surface area contributed by atoms with Crippen LogP contribution in [-0.2, 0) is 4.79 Å². The van der Waals surface area contributed by atoms with Gasteiger partial charge in [0.25, 0.3) is 5.91 Å². The molecule has 3 aromatic rings. The van der Waals surface area contributed by atoms with Crippen molar-refractivity contribution in [1.82, 2.24) is 9.80 Å². The summed E-state index contributed by atoms with van der Waals surface area (Å²) in [6.07, 6.45) is 1.50. The number of nitrogens with one attached hydrogen (secondary N) is 1. The molecule has 0 unspecified atom stereocenters. The standard InChI is InChI=1S/C21H21N3O3/c25-20(22-18-8-7-16-4-1-2-5-17(16)14-18)15-23-9-11-24(12-10-23)21(26)19-6-3-13-27-19/h1-8,13-14H,9-12,15H2,(H,22,25). The third-order valence-electron chi connectivity index (χ3n) is 4.79. The second-order valence-electron chi connectivity index (χ2n) is 6.66. The average Bonchev–Trinajstić information content (AvgIpc) is 3.23. The van der Waals surface area contributed by atoms with Gasteiger partial charge in [-0.25, -0.2) is 0 Å². The Morgan fingerprint density at radius 2 is 1.70 bits per heavy atom. The lowest BCUT2D eigenvalue weighted by atomic mass is 10.1. The molecule has 2 amide bonds. The van der Waals surface area contributed by atoms with Crippen molar-refractivity contribution >= 4 is 28.3 Å². The normalized spacial score (nSPS) is 15.0. The fourth-order valence-corrected chi connectivity index (χ4v) is 3.34. The Morgan fingerprint density at radius 1 is 0.926 bits per heavy atom. The molecule has 138 valence electrons. The molecule has 1 fully saturated rings. The Morgan fingerprint density at radius 3 is 2.44 bits per heavy atom. The van der Waals surface area contributed by atoms with Gasteiger partial charge in [-0.3, -0.25) is 14.5 Å². The van der Waals surface area contributed by atoms with Crippen molar-refractivity contribution < 1.29 is 14.0 Å². The number of benzene rings is 2. The van der Waals surface area contributed by atoms with Crippen LogP contribution in [0.3, 0.4) is 0 Å². The Labute approximate surface area is 157 Å². The minimum Gasteiger partial charge on any atom is -0.459 e. The molecule has 6 nitrogen and oxygen atoms in total. The highest BCUT2D eigenvalue weighted by Gasteiger charge is 2.24. The van der Waals surface area contributed by atoms with Crippen LogP contribution in [0.4, 0.5) is 5.69 Å². The topological polar surface area (TPSA) is 65.8 Å². The van der Waals surface area contributed by atoms with Gasteiger partial charge in [0.2, 0.25) is 5.91 Å². The molecule has 2 heterocycles. The van der Waals surface area contributed by atoms with Gasteiger partial charge in [0.1, 0.15) is 0 Å². The van der Waals surface area contributed by atoms with Crippen LogP contribution in [0.1, 0.15) is 10.6 Å². The average molecular weight is 363 g/mol. The summed E-state index contributed by atoms with van der Waals surface area (Å²) in [4.78, 5) is 28.5. The van der Waals surface area contributed by atoms with Gasteiger partial charge in [0.15, 0.2) is 5.76 Å². The molecule has 1 N–H and O–H groups in total. The van der Waals surface area contributed by atoms with Gasteiger partial charge in [0, 0.05) is 31.9 Å². The van der Waals surface area contributed by atoms with Gasteiger partial charge in [-0.1, -0.05) is 30.3 Å². The summed E-state index contributed by atoms with van der Waals surface area (Å²) in [6, 6.07) is 17.3. The molecule has 6 heteroatoms. The highest BCUT2D eigenvalue weighted by molar-refractivity contribution is 5.95. The van der Waals surface area contributed by atoms with Crippen LogP contribution in [0, 0.1) is 0 Å². The molecular weight excluding hydrogens is 342 g/mol. The zero-order chi connectivity index (χ0) is 18.6. The van der Waals surface area contributed by atoms with Crippen LogP contribution in [0.5, 0.6) is 0 Å². The van der Waals surface area contributed by atoms with Crippen molar-refractivity contribution in [3.63, 3.8) is 0 Å². The van der Waals surface area contributed by atoms with E-state index in [0.717, 1.165) is 16.5 Å². The summed E-state index contributed by atoms with van der Waals surface area (Å²) < 4.78 is 5.17. The third-order valence-corrected chi connectivity index (χ3v) is 4.79. The van der Waals surface area contributed by atoms with E-state index in [1.807, 2.05) is 42.5 Å². The van der Waals surface area contributed by atoms with Gasteiger partial charge in [-0.05, 0) is 35.0 Å². The molecule has 1 aromatic heterocycles. The molecule has 0 radical (unpaired) electrons. The van der Waals surface area contributed by atoms with E-state index in [1.165, 1.54) is 6.26 Å². The van der Waals surface area contributed by atoms with Crippen molar-refractivity contribution in [2.75, 3.05) is 38.0 Å². The van der Waals surface area contributed by atoms with Crippen molar-refractivity contribution in [2.24, 2.45) is 0 Å². The third kappa shape index (κ3) is 4.01.